The largest absolute Gasteiger partial charge is 0.351 e. The molecule has 0 atom stereocenters. The fourth-order valence-electron chi connectivity index (χ4n) is 2.17. The topological polar surface area (TPSA) is 85.1 Å². The van der Waals surface area contributed by atoms with Gasteiger partial charge >= 0.3 is 0 Å². The second-order valence-corrected chi connectivity index (χ2v) is 5.85. The molecule has 1 fully saturated rings. The van der Waals surface area contributed by atoms with Gasteiger partial charge in [0.1, 0.15) is 11.3 Å². The number of carbonyl (C=O) groups is 1. The number of hydrogen-bond donors (Lipinski definition) is 1. The molecule has 20 heavy (non-hydrogen) atoms. The number of nitro groups is 1. The Bertz CT molecular complexity index is 556. The van der Waals surface area contributed by atoms with E-state index in [9.17, 15) is 14.9 Å². The van der Waals surface area contributed by atoms with Gasteiger partial charge in [0, 0.05) is 12.6 Å². The third-order valence-corrected chi connectivity index (χ3v) is 4.30. The first-order valence-electron chi connectivity index (χ1n) is 6.44. The van der Waals surface area contributed by atoms with Crippen LogP contribution in [0.25, 0.3) is 0 Å². The molecule has 0 aliphatic heterocycles. The van der Waals surface area contributed by atoms with Crippen molar-refractivity contribution in [3.05, 3.63) is 33.1 Å². The van der Waals surface area contributed by atoms with Crippen molar-refractivity contribution in [1.29, 1.82) is 0 Å². The Morgan fingerprint density at radius 3 is 2.75 bits per heavy atom. The van der Waals surface area contributed by atoms with Crippen LogP contribution in [0.3, 0.4) is 0 Å². The van der Waals surface area contributed by atoms with Gasteiger partial charge in [0.25, 0.3) is 11.6 Å². The minimum absolute atomic E-state index is 0.0255. The molecule has 0 unspecified atom stereocenters. The first-order valence-corrected chi connectivity index (χ1v) is 6.82. The molecule has 1 aromatic heterocycles. The van der Waals surface area contributed by atoms with Crippen LogP contribution in [0.4, 0.5) is 5.69 Å². The molecule has 1 N–H and O–H groups in total. The van der Waals surface area contributed by atoms with E-state index in [1.54, 1.807) is 0 Å². The molecule has 1 aliphatic rings. The van der Waals surface area contributed by atoms with E-state index in [-0.39, 0.29) is 21.8 Å². The van der Waals surface area contributed by atoms with Crippen LogP contribution in [0, 0.1) is 21.4 Å². The van der Waals surface area contributed by atoms with E-state index in [1.165, 1.54) is 0 Å². The van der Waals surface area contributed by atoms with Crippen LogP contribution < -0.4 is 5.32 Å². The SMILES string of the molecule is CC(C)C1(CNC(=O)c2cc([N+](=O)[O-])cnc2Cl)CC1. The summed E-state index contributed by atoms with van der Waals surface area (Å²) in [6.45, 7) is 4.81. The maximum absolute atomic E-state index is 12.1. The molecule has 6 nitrogen and oxygen atoms in total. The van der Waals surface area contributed by atoms with Crippen molar-refractivity contribution in [1.82, 2.24) is 10.3 Å². The van der Waals surface area contributed by atoms with Crippen molar-refractivity contribution in [2.75, 3.05) is 6.54 Å². The molecule has 2 rings (SSSR count). The Labute approximate surface area is 121 Å². The van der Waals surface area contributed by atoms with E-state index >= 15 is 0 Å². The fraction of sp³-hybridized carbons (Fsp3) is 0.538. The average Bonchev–Trinajstić information content (AvgIpc) is 3.17. The zero-order valence-electron chi connectivity index (χ0n) is 11.4. The summed E-state index contributed by atoms with van der Waals surface area (Å²) in [5, 5.41) is 13.5. The van der Waals surface area contributed by atoms with Gasteiger partial charge in [-0.05, 0) is 24.2 Å². The highest BCUT2D eigenvalue weighted by molar-refractivity contribution is 6.32. The summed E-state index contributed by atoms with van der Waals surface area (Å²) >= 11 is 5.83. The maximum Gasteiger partial charge on any atom is 0.288 e. The van der Waals surface area contributed by atoms with Gasteiger partial charge in [-0.25, -0.2) is 4.98 Å². The number of hydrogen-bond acceptors (Lipinski definition) is 4. The van der Waals surface area contributed by atoms with Crippen LogP contribution in [0.1, 0.15) is 37.0 Å². The number of pyridine rings is 1. The zero-order chi connectivity index (χ0) is 14.9. The Kier molecular flexibility index (Phi) is 3.94. The standard InChI is InChI=1S/C13H16ClN3O3/c1-8(2)13(3-4-13)7-16-12(18)10-5-9(17(19)20)6-15-11(10)14/h5-6,8H,3-4,7H2,1-2H3,(H,16,18). The van der Waals surface area contributed by atoms with Gasteiger partial charge in [0.15, 0.2) is 0 Å². The predicted octanol–water partition coefficient (Wildman–Crippen LogP) is 2.81. The van der Waals surface area contributed by atoms with Crippen molar-refractivity contribution < 1.29 is 9.72 Å². The van der Waals surface area contributed by atoms with Gasteiger partial charge < -0.3 is 5.32 Å². The molecular weight excluding hydrogens is 282 g/mol. The van der Waals surface area contributed by atoms with Crippen molar-refractivity contribution in [2.24, 2.45) is 11.3 Å². The molecule has 1 heterocycles. The normalized spacial score (nSPS) is 16.0. The van der Waals surface area contributed by atoms with Crippen LogP contribution >= 0.6 is 11.6 Å². The van der Waals surface area contributed by atoms with Gasteiger partial charge in [-0.15, -0.1) is 0 Å². The van der Waals surface area contributed by atoms with E-state index in [0.717, 1.165) is 25.1 Å². The Morgan fingerprint density at radius 2 is 2.25 bits per heavy atom. The number of rotatable bonds is 5. The van der Waals surface area contributed by atoms with Crippen molar-refractivity contribution in [2.45, 2.75) is 26.7 Å². The number of aromatic nitrogens is 1. The lowest BCUT2D eigenvalue weighted by Gasteiger charge is -2.20. The number of nitrogens with zero attached hydrogens (tertiary/aromatic N) is 2. The van der Waals surface area contributed by atoms with Crippen LogP contribution in [-0.2, 0) is 0 Å². The van der Waals surface area contributed by atoms with E-state index in [1.807, 2.05) is 0 Å². The van der Waals surface area contributed by atoms with E-state index in [0.29, 0.717) is 12.5 Å². The smallest absolute Gasteiger partial charge is 0.288 e. The average molecular weight is 298 g/mol. The minimum Gasteiger partial charge on any atom is -0.351 e. The van der Waals surface area contributed by atoms with Gasteiger partial charge in [0.05, 0.1) is 10.5 Å². The molecule has 0 aromatic carbocycles. The number of amides is 1. The lowest BCUT2D eigenvalue weighted by Crippen LogP contribution is -2.32. The summed E-state index contributed by atoms with van der Waals surface area (Å²) in [6, 6.07) is 1.15. The molecule has 1 aromatic rings. The van der Waals surface area contributed by atoms with E-state index < -0.39 is 10.8 Å². The monoisotopic (exact) mass is 297 g/mol. The molecule has 1 saturated carbocycles. The molecule has 0 radical (unpaired) electrons. The summed E-state index contributed by atoms with van der Waals surface area (Å²) in [7, 11) is 0. The Morgan fingerprint density at radius 1 is 1.60 bits per heavy atom. The van der Waals surface area contributed by atoms with Crippen molar-refractivity contribution in [3.8, 4) is 0 Å². The number of halogens is 1. The number of nitrogens with one attached hydrogen (secondary N) is 1. The highest BCUT2D eigenvalue weighted by atomic mass is 35.5. The van der Waals surface area contributed by atoms with E-state index in [4.69, 9.17) is 11.6 Å². The molecule has 0 spiro atoms. The van der Waals surface area contributed by atoms with Crippen LogP contribution in [0.5, 0.6) is 0 Å². The molecular formula is C13H16ClN3O3. The molecule has 0 saturated heterocycles. The fourth-order valence-corrected chi connectivity index (χ4v) is 2.36. The Balaban J connectivity index is 2.09. The maximum atomic E-state index is 12.1. The highest BCUT2D eigenvalue weighted by Gasteiger charge is 2.45. The zero-order valence-corrected chi connectivity index (χ0v) is 12.1. The van der Waals surface area contributed by atoms with Crippen molar-refractivity contribution >= 4 is 23.2 Å². The summed E-state index contributed by atoms with van der Waals surface area (Å²) in [5.74, 6) is 0.0691. The third-order valence-electron chi connectivity index (χ3n) is 4.00. The number of carbonyl (C=O) groups excluding carboxylic acids is 1. The van der Waals surface area contributed by atoms with Crippen LogP contribution in [0.15, 0.2) is 12.3 Å². The van der Waals surface area contributed by atoms with Crippen molar-refractivity contribution in [3.63, 3.8) is 0 Å². The highest BCUT2D eigenvalue weighted by Crippen LogP contribution is 2.51. The van der Waals surface area contributed by atoms with E-state index in [2.05, 4.69) is 24.1 Å². The summed E-state index contributed by atoms with van der Waals surface area (Å²) in [5.41, 5.74) is -0.0408. The Hall–Kier alpha value is -1.69. The molecule has 1 aliphatic carbocycles. The minimum atomic E-state index is -0.601. The lowest BCUT2D eigenvalue weighted by atomic mass is 9.92. The quantitative estimate of drug-likeness (QED) is 0.514. The summed E-state index contributed by atoms with van der Waals surface area (Å²) in [6.07, 6.45) is 3.22. The lowest BCUT2D eigenvalue weighted by molar-refractivity contribution is -0.385. The van der Waals surface area contributed by atoms with Gasteiger partial charge in [-0.3, -0.25) is 14.9 Å². The molecule has 7 heteroatoms. The summed E-state index contributed by atoms with van der Waals surface area (Å²) < 4.78 is 0. The molecule has 0 bridgehead atoms. The molecule has 108 valence electrons. The first-order chi connectivity index (χ1) is 9.35. The second kappa shape index (κ2) is 5.36. The van der Waals surface area contributed by atoms with Gasteiger partial charge in [0.2, 0.25) is 0 Å². The first kappa shape index (κ1) is 14.7. The third kappa shape index (κ3) is 2.90. The van der Waals surface area contributed by atoms with Gasteiger partial charge in [-0.2, -0.15) is 0 Å². The second-order valence-electron chi connectivity index (χ2n) is 5.49. The van der Waals surface area contributed by atoms with Crippen LogP contribution in [-0.4, -0.2) is 22.4 Å². The predicted molar refractivity (Wildman–Crippen MR) is 74.7 cm³/mol. The summed E-state index contributed by atoms with van der Waals surface area (Å²) in [4.78, 5) is 25.9. The van der Waals surface area contributed by atoms with Gasteiger partial charge in [-0.1, -0.05) is 25.4 Å². The van der Waals surface area contributed by atoms with Crippen LogP contribution in [0.2, 0.25) is 5.15 Å². The molecule has 1 amide bonds.